The van der Waals surface area contributed by atoms with Crippen molar-refractivity contribution in [3.05, 3.63) is 24.3 Å². The number of carboxylic acid groups (broad SMARTS) is 1. The summed E-state index contributed by atoms with van der Waals surface area (Å²) in [4.78, 5) is 40.2. The Kier molecular flexibility index (Phi) is 4.87. The minimum Gasteiger partial charge on any atom is -0.481 e. The Hall–Kier alpha value is -2.41. The molecule has 1 saturated carbocycles. The van der Waals surface area contributed by atoms with Crippen LogP contribution in [0.15, 0.2) is 24.3 Å². The topological polar surface area (TPSA) is 90.0 Å². The molecule has 1 aromatic carbocycles. The Balaban J connectivity index is 1.38. The van der Waals surface area contributed by atoms with E-state index in [1.807, 2.05) is 36.1 Å². The van der Waals surface area contributed by atoms with Crippen LogP contribution >= 0.6 is 0 Å². The van der Waals surface area contributed by atoms with Gasteiger partial charge in [-0.05, 0) is 56.4 Å². The fourth-order valence-corrected chi connectivity index (χ4v) is 5.03. The maximum atomic E-state index is 12.7. The molecule has 2 N–H and O–H groups in total. The molecule has 1 aliphatic carbocycles. The van der Waals surface area contributed by atoms with Crippen molar-refractivity contribution in [3.8, 4) is 0 Å². The Morgan fingerprint density at radius 1 is 1.25 bits per heavy atom. The molecule has 2 heterocycles. The van der Waals surface area contributed by atoms with E-state index < -0.39 is 11.4 Å². The van der Waals surface area contributed by atoms with Gasteiger partial charge in [-0.25, -0.2) is 0 Å². The van der Waals surface area contributed by atoms with E-state index in [0.29, 0.717) is 31.6 Å². The molecule has 2 aliphatic heterocycles. The predicted octanol–water partition coefficient (Wildman–Crippen LogP) is 2.33. The van der Waals surface area contributed by atoms with Crippen LogP contribution in [0, 0.1) is 11.3 Å². The van der Waals surface area contributed by atoms with Gasteiger partial charge < -0.3 is 15.3 Å². The molecule has 3 fully saturated rings. The fraction of sp³-hybridized carbons (Fsp3) is 0.571. The van der Waals surface area contributed by atoms with E-state index in [2.05, 4.69) is 5.32 Å². The van der Waals surface area contributed by atoms with E-state index in [1.165, 1.54) is 0 Å². The lowest BCUT2D eigenvalue weighted by Gasteiger charge is -2.26. The third-order valence-electron chi connectivity index (χ3n) is 6.77. The number of amides is 2. The van der Waals surface area contributed by atoms with Crippen LogP contribution in [-0.4, -0.2) is 53.5 Å². The Morgan fingerprint density at radius 3 is 2.61 bits per heavy atom. The number of hydrogen-bond donors (Lipinski definition) is 2. The average Bonchev–Trinajstić information content (AvgIpc) is 3.35. The zero-order valence-electron chi connectivity index (χ0n) is 16.2. The highest BCUT2D eigenvalue weighted by atomic mass is 16.4. The summed E-state index contributed by atoms with van der Waals surface area (Å²) in [5.74, 6) is -0.586. The van der Waals surface area contributed by atoms with Crippen LogP contribution < -0.4 is 10.2 Å². The molecular weight excluding hydrogens is 358 g/mol. The number of nitrogens with zero attached hydrogens (tertiary/aromatic N) is 2. The number of likely N-dealkylation sites (tertiary alicyclic amines) is 1. The molecule has 2 saturated heterocycles. The number of aliphatic carboxylic acids is 1. The molecule has 1 aromatic rings. The zero-order chi connectivity index (χ0) is 19.9. The van der Waals surface area contributed by atoms with E-state index in [9.17, 15) is 19.5 Å². The first-order valence-electron chi connectivity index (χ1n) is 10.1. The minimum absolute atomic E-state index is 0.134. The number of hydrogen-bond acceptors (Lipinski definition) is 4. The fourth-order valence-electron chi connectivity index (χ4n) is 5.03. The summed E-state index contributed by atoms with van der Waals surface area (Å²) < 4.78 is 0. The van der Waals surface area contributed by atoms with E-state index in [1.54, 1.807) is 4.90 Å². The highest BCUT2D eigenvalue weighted by molar-refractivity contribution is 5.97. The quantitative estimate of drug-likeness (QED) is 0.812. The SMILES string of the molecule is CC(C(=O)Nc1ccc(N2CCCC2=O)cc1)N1C[C@@H]2CCC[C@@]2(C(=O)O)C1. The van der Waals surface area contributed by atoms with Crippen molar-refractivity contribution in [1.82, 2.24) is 4.90 Å². The molecule has 0 spiro atoms. The van der Waals surface area contributed by atoms with Crippen molar-refractivity contribution in [2.75, 3.05) is 29.9 Å². The molecule has 3 aliphatic rings. The third-order valence-corrected chi connectivity index (χ3v) is 6.77. The summed E-state index contributed by atoms with van der Waals surface area (Å²) in [6.45, 7) is 3.68. The molecule has 0 aromatic heterocycles. The van der Waals surface area contributed by atoms with Crippen molar-refractivity contribution in [3.63, 3.8) is 0 Å². The number of rotatable bonds is 5. The van der Waals surface area contributed by atoms with Crippen molar-refractivity contribution >= 4 is 29.2 Å². The normalized spacial score (nSPS) is 28.4. The Bertz CT molecular complexity index is 793. The van der Waals surface area contributed by atoms with E-state index in [4.69, 9.17) is 0 Å². The standard InChI is InChI=1S/C21H27N3O4/c1-14(23-12-15-4-2-10-21(15,13-23)20(27)28)19(26)22-16-6-8-17(9-7-16)24-11-3-5-18(24)25/h6-9,14-15H,2-5,10-13H2,1H3,(H,22,26)(H,27,28)/t14?,15-,21+/m0/s1. The second-order valence-electron chi connectivity index (χ2n) is 8.34. The molecule has 4 rings (SSSR count). The molecule has 150 valence electrons. The van der Waals surface area contributed by atoms with Crippen LogP contribution in [0.4, 0.5) is 11.4 Å². The smallest absolute Gasteiger partial charge is 0.311 e. The molecule has 7 nitrogen and oxygen atoms in total. The van der Waals surface area contributed by atoms with Gasteiger partial charge in [-0.2, -0.15) is 0 Å². The first-order valence-corrected chi connectivity index (χ1v) is 10.1. The largest absolute Gasteiger partial charge is 0.481 e. The van der Waals surface area contributed by atoms with Crippen molar-refractivity contribution in [2.24, 2.45) is 11.3 Å². The van der Waals surface area contributed by atoms with E-state index in [-0.39, 0.29) is 23.8 Å². The van der Waals surface area contributed by atoms with Crippen molar-refractivity contribution in [1.29, 1.82) is 0 Å². The molecule has 0 bridgehead atoms. The predicted molar refractivity (Wildman–Crippen MR) is 105 cm³/mol. The van der Waals surface area contributed by atoms with Gasteiger partial charge in [0.15, 0.2) is 0 Å². The van der Waals surface area contributed by atoms with Gasteiger partial charge in [-0.1, -0.05) is 6.42 Å². The molecule has 3 atom stereocenters. The van der Waals surface area contributed by atoms with Crippen LogP contribution in [0.25, 0.3) is 0 Å². The van der Waals surface area contributed by atoms with Gasteiger partial charge in [0, 0.05) is 37.4 Å². The van der Waals surface area contributed by atoms with Gasteiger partial charge >= 0.3 is 5.97 Å². The molecule has 2 amide bonds. The number of benzene rings is 1. The van der Waals surface area contributed by atoms with Crippen LogP contribution in [0.3, 0.4) is 0 Å². The maximum Gasteiger partial charge on any atom is 0.311 e. The van der Waals surface area contributed by atoms with Gasteiger partial charge in [-0.15, -0.1) is 0 Å². The van der Waals surface area contributed by atoms with Crippen molar-refractivity contribution in [2.45, 2.75) is 45.1 Å². The molecule has 0 radical (unpaired) electrons. The maximum absolute atomic E-state index is 12.7. The summed E-state index contributed by atoms with van der Waals surface area (Å²) in [6, 6.07) is 6.93. The van der Waals surface area contributed by atoms with Crippen LogP contribution in [0.5, 0.6) is 0 Å². The number of anilines is 2. The summed E-state index contributed by atoms with van der Waals surface area (Å²) in [5, 5.41) is 12.7. The lowest BCUT2D eigenvalue weighted by Crippen LogP contribution is -2.43. The van der Waals surface area contributed by atoms with Gasteiger partial charge in [0.2, 0.25) is 11.8 Å². The molecule has 1 unspecified atom stereocenters. The number of nitrogens with one attached hydrogen (secondary N) is 1. The van der Waals surface area contributed by atoms with E-state index in [0.717, 1.165) is 31.5 Å². The second kappa shape index (κ2) is 7.20. The van der Waals surface area contributed by atoms with Gasteiger partial charge in [0.1, 0.15) is 0 Å². The van der Waals surface area contributed by atoms with Crippen LogP contribution in [0.2, 0.25) is 0 Å². The number of carbonyl (C=O) groups is 3. The van der Waals surface area contributed by atoms with Gasteiger partial charge in [0.25, 0.3) is 0 Å². The van der Waals surface area contributed by atoms with Gasteiger partial charge in [-0.3, -0.25) is 19.3 Å². The van der Waals surface area contributed by atoms with Gasteiger partial charge in [0.05, 0.1) is 11.5 Å². The molecule has 7 heteroatoms. The van der Waals surface area contributed by atoms with Crippen LogP contribution in [-0.2, 0) is 14.4 Å². The highest BCUT2D eigenvalue weighted by Crippen LogP contribution is 2.49. The summed E-state index contributed by atoms with van der Waals surface area (Å²) in [6.07, 6.45) is 4.05. The minimum atomic E-state index is -0.725. The molecule has 28 heavy (non-hydrogen) atoms. The average molecular weight is 385 g/mol. The number of carboxylic acids is 1. The monoisotopic (exact) mass is 385 g/mol. The summed E-state index contributed by atoms with van der Waals surface area (Å²) in [5.41, 5.74) is 0.849. The number of carbonyl (C=O) groups excluding carboxylic acids is 2. The summed E-state index contributed by atoms with van der Waals surface area (Å²) >= 11 is 0. The second-order valence-corrected chi connectivity index (χ2v) is 8.34. The first kappa shape index (κ1) is 18.9. The highest BCUT2D eigenvalue weighted by Gasteiger charge is 2.55. The Labute approximate surface area is 164 Å². The number of fused-ring (bicyclic) bond motifs is 1. The first-order chi connectivity index (χ1) is 13.4. The Morgan fingerprint density at radius 2 is 2.00 bits per heavy atom. The van der Waals surface area contributed by atoms with E-state index >= 15 is 0 Å². The van der Waals surface area contributed by atoms with Crippen molar-refractivity contribution < 1.29 is 19.5 Å². The lowest BCUT2D eigenvalue weighted by atomic mass is 9.81. The third kappa shape index (κ3) is 3.17. The molecular formula is C21H27N3O4. The zero-order valence-corrected chi connectivity index (χ0v) is 16.2. The lowest BCUT2D eigenvalue weighted by molar-refractivity contribution is -0.149. The van der Waals surface area contributed by atoms with Crippen LogP contribution in [0.1, 0.15) is 39.0 Å². The summed E-state index contributed by atoms with van der Waals surface area (Å²) in [7, 11) is 0.